The first kappa shape index (κ1) is 14.8. The average molecular weight is 290 g/mol. The summed E-state index contributed by atoms with van der Waals surface area (Å²) in [6.07, 6.45) is 2.48. The van der Waals surface area contributed by atoms with Crippen molar-refractivity contribution in [3.63, 3.8) is 0 Å². The molecule has 2 saturated heterocycles. The van der Waals surface area contributed by atoms with Crippen LogP contribution in [-0.2, 0) is 11.2 Å². The Hall–Kier alpha value is -1.10. The lowest BCUT2D eigenvalue weighted by molar-refractivity contribution is 0.0322. The molecule has 0 aromatic heterocycles. The van der Waals surface area contributed by atoms with Crippen LogP contribution in [0.1, 0.15) is 12.0 Å². The second-order valence-corrected chi connectivity index (χ2v) is 6.01. The monoisotopic (exact) mass is 290 g/mol. The Balaban J connectivity index is 1.39. The summed E-state index contributed by atoms with van der Waals surface area (Å²) in [5.41, 5.74) is 1.42. The van der Waals surface area contributed by atoms with Crippen LogP contribution < -0.4 is 10.1 Å². The molecule has 4 heteroatoms. The topological polar surface area (TPSA) is 33.7 Å². The van der Waals surface area contributed by atoms with Gasteiger partial charge in [0, 0.05) is 19.6 Å². The summed E-state index contributed by atoms with van der Waals surface area (Å²) in [4.78, 5) is 2.39. The molecular weight excluding hydrogens is 264 g/mol. The maximum atomic E-state index is 5.84. The van der Waals surface area contributed by atoms with E-state index in [-0.39, 0.29) is 0 Å². The highest BCUT2D eigenvalue weighted by atomic mass is 16.5. The molecule has 1 N–H and O–H groups in total. The number of ether oxygens (including phenoxy) is 2. The van der Waals surface area contributed by atoms with E-state index in [0.717, 1.165) is 57.7 Å². The van der Waals surface area contributed by atoms with Crippen molar-refractivity contribution < 1.29 is 9.47 Å². The van der Waals surface area contributed by atoms with E-state index in [9.17, 15) is 0 Å². The van der Waals surface area contributed by atoms with Gasteiger partial charge in [-0.05, 0) is 49.5 Å². The Morgan fingerprint density at radius 2 is 2.00 bits per heavy atom. The van der Waals surface area contributed by atoms with Crippen molar-refractivity contribution >= 4 is 0 Å². The first-order chi connectivity index (χ1) is 10.4. The van der Waals surface area contributed by atoms with Crippen molar-refractivity contribution in [2.45, 2.75) is 12.8 Å². The molecule has 21 heavy (non-hydrogen) atoms. The minimum atomic E-state index is 0.756. The van der Waals surface area contributed by atoms with E-state index in [4.69, 9.17) is 9.47 Å². The van der Waals surface area contributed by atoms with Crippen molar-refractivity contribution in [3.8, 4) is 5.75 Å². The Kier molecular flexibility index (Phi) is 5.49. The summed E-state index contributed by atoms with van der Waals surface area (Å²) in [5, 5.41) is 3.42. The number of benzene rings is 1. The summed E-state index contributed by atoms with van der Waals surface area (Å²) < 4.78 is 11.2. The van der Waals surface area contributed by atoms with Gasteiger partial charge in [-0.1, -0.05) is 12.1 Å². The van der Waals surface area contributed by atoms with E-state index in [1.807, 2.05) is 0 Å². The van der Waals surface area contributed by atoms with Crippen molar-refractivity contribution in [2.24, 2.45) is 5.92 Å². The molecule has 1 aromatic rings. The number of hydrogen-bond acceptors (Lipinski definition) is 4. The molecule has 4 nitrogen and oxygen atoms in total. The maximum Gasteiger partial charge on any atom is 0.119 e. The highest BCUT2D eigenvalue weighted by Crippen LogP contribution is 2.18. The number of rotatable bonds is 6. The molecule has 0 spiro atoms. The van der Waals surface area contributed by atoms with Gasteiger partial charge < -0.3 is 14.8 Å². The third kappa shape index (κ3) is 4.70. The summed E-state index contributed by atoms with van der Waals surface area (Å²) in [5.74, 6) is 1.79. The zero-order chi connectivity index (χ0) is 14.3. The Morgan fingerprint density at radius 3 is 2.71 bits per heavy atom. The predicted molar refractivity (Wildman–Crippen MR) is 83.9 cm³/mol. The Morgan fingerprint density at radius 1 is 1.19 bits per heavy atom. The van der Waals surface area contributed by atoms with Gasteiger partial charge in [0.15, 0.2) is 0 Å². The van der Waals surface area contributed by atoms with Crippen LogP contribution in [0, 0.1) is 5.92 Å². The van der Waals surface area contributed by atoms with Crippen molar-refractivity contribution in [3.05, 3.63) is 29.8 Å². The second kappa shape index (κ2) is 7.78. The molecule has 0 amide bonds. The molecule has 116 valence electrons. The lowest BCUT2D eigenvalue weighted by atomic mass is 9.99. The molecule has 2 aliphatic rings. The minimum Gasteiger partial charge on any atom is -0.492 e. The van der Waals surface area contributed by atoms with Gasteiger partial charge in [0.1, 0.15) is 12.4 Å². The van der Waals surface area contributed by atoms with Gasteiger partial charge in [-0.3, -0.25) is 4.90 Å². The molecule has 1 atom stereocenters. The van der Waals surface area contributed by atoms with Crippen LogP contribution in [-0.4, -0.2) is 57.4 Å². The van der Waals surface area contributed by atoms with Gasteiger partial charge in [-0.2, -0.15) is 0 Å². The van der Waals surface area contributed by atoms with Gasteiger partial charge in [0.25, 0.3) is 0 Å². The fourth-order valence-corrected chi connectivity index (χ4v) is 3.06. The minimum absolute atomic E-state index is 0.756. The number of nitrogens with one attached hydrogen (secondary N) is 1. The third-order valence-electron chi connectivity index (χ3n) is 4.39. The predicted octanol–water partition coefficient (Wildman–Crippen LogP) is 1.55. The fraction of sp³-hybridized carbons (Fsp3) is 0.647. The van der Waals surface area contributed by atoms with Crippen molar-refractivity contribution in [2.75, 3.05) is 52.5 Å². The number of nitrogens with zero attached hydrogens (tertiary/aromatic N) is 1. The summed E-state index contributed by atoms with van der Waals surface area (Å²) in [6.45, 7) is 7.83. The zero-order valence-corrected chi connectivity index (χ0v) is 12.7. The lowest BCUT2D eigenvalue weighted by Crippen LogP contribution is -2.38. The first-order valence-electron chi connectivity index (χ1n) is 8.13. The van der Waals surface area contributed by atoms with Gasteiger partial charge in [0.05, 0.1) is 13.2 Å². The van der Waals surface area contributed by atoms with Gasteiger partial charge in [-0.15, -0.1) is 0 Å². The molecule has 0 saturated carbocycles. The lowest BCUT2D eigenvalue weighted by Gasteiger charge is -2.26. The maximum absolute atomic E-state index is 5.84. The van der Waals surface area contributed by atoms with Crippen LogP contribution in [0.4, 0.5) is 0 Å². The first-order valence-corrected chi connectivity index (χ1v) is 8.13. The highest BCUT2D eigenvalue weighted by molar-refractivity contribution is 5.27. The summed E-state index contributed by atoms with van der Waals surface area (Å²) in [7, 11) is 0. The molecule has 0 aliphatic carbocycles. The van der Waals surface area contributed by atoms with Crippen LogP contribution in [0.3, 0.4) is 0 Å². The molecule has 1 unspecified atom stereocenters. The number of hydrogen-bond donors (Lipinski definition) is 1. The SMILES string of the molecule is c1cc(OCCN2CCOCC2)ccc1CC1CCNC1. The van der Waals surface area contributed by atoms with Gasteiger partial charge in [0.2, 0.25) is 0 Å². The largest absolute Gasteiger partial charge is 0.492 e. The van der Waals surface area contributed by atoms with Crippen LogP contribution in [0.2, 0.25) is 0 Å². The van der Waals surface area contributed by atoms with Crippen molar-refractivity contribution in [1.82, 2.24) is 10.2 Å². The highest BCUT2D eigenvalue weighted by Gasteiger charge is 2.14. The van der Waals surface area contributed by atoms with Crippen LogP contribution in [0.15, 0.2) is 24.3 Å². The van der Waals surface area contributed by atoms with Crippen LogP contribution >= 0.6 is 0 Å². The van der Waals surface area contributed by atoms with E-state index in [1.54, 1.807) is 0 Å². The van der Waals surface area contributed by atoms with E-state index in [1.165, 1.54) is 24.9 Å². The van der Waals surface area contributed by atoms with Crippen LogP contribution in [0.5, 0.6) is 5.75 Å². The Labute approximate surface area is 127 Å². The van der Waals surface area contributed by atoms with E-state index < -0.39 is 0 Å². The normalized spacial score (nSPS) is 23.3. The average Bonchev–Trinajstić information content (AvgIpc) is 3.03. The molecule has 0 radical (unpaired) electrons. The van der Waals surface area contributed by atoms with E-state index >= 15 is 0 Å². The number of morpholine rings is 1. The van der Waals surface area contributed by atoms with E-state index in [0.29, 0.717) is 0 Å². The van der Waals surface area contributed by atoms with Gasteiger partial charge >= 0.3 is 0 Å². The zero-order valence-electron chi connectivity index (χ0n) is 12.7. The van der Waals surface area contributed by atoms with E-state index in [2.05, 4.69) is 34.5 Å². The molecular formula is C17H26N2O2. The molecule has 1 aromatic carbocycles. The van der Waals surface area contributed by atoms with Crippen LogP contribution in [0.25, 0.3) is 0 Å². The quantitative estimate of drug-likeness (QED) is 0.862. The molecule has 2 heterocycles. The van der Waals surface area contributed by atoms with Crippen molar-refractivity contribution in [1.29, 1.82) is 0 Å². The third-order valence-corrected chi connectivity index (χ3v) is 4.39. The standard InChI is InChI=1S/C17H26N2O2/c1-3-17(21-12-9-19-7-10-20-11-8-19)4-2-15(1)13-16-5-6-18-14-16/h1-4,16,18H,5-14H2. The summed E-state index contributed by atoms with van der Waals surface area (Å²) >= 11 is 0. The smallest absolute Gasteiger partial charge is 0.119 e. The Bertz CT molecular complexity index is 409. The molecule has 0 bridgehead atoms. The summed E-state index contributed by atoms with van der Waals surface area (Å²) in [6, 6.07) is 8.64. The molecule has 2 aliphatic heterocycles. The van der Waals surface area contributed by atoms with Gasteiger partial charge in [-0.25, -0.2) is 0 Å². The second-order valence-electron chi connectivity index (χ2n) is 6.01. The molecule has 2 fully saturated rings. The molecule has 3 rings (SSSR count). The fourth-order valence-electron chi connectivity index (χ4n) is 3.06.